The monoisotopic (exact) mass is 361 g/mol. The fraction of sp³-hybridized carbons (Fsp3) is 0.273. The van der Waals surface area contributed by atoms with Gasteiger partial charge in [0.25, 0.3) is 0 Å². The van der Waals surface area contributed by atoms with Crippen molar-refractivity contribution in [3.05, 3.63) is 28.7 Å². The molecule has 7 heteroatoms. The molecule has 0 aliphatic carbocycles. The summed E-state index contributed by atoms with van der Waals surface area (Å²) in [7, 11) is 0. The van der Waals surface area contributed by atoms with Crippen LogP contribution in [0.15, 0.2) is 37.4 Å². The first-order valence-corrected chi connectivity index (χ1v) is 9.09. The maximum absolute atomic E-state index is 4.12. The fourth-order valence-corrected chi connectivity index (χ4v) is 4.03. The Morgan fingerprint density at radius 3 is 2.89 bits per heavy atom. The van der Waals surface area contributed by atoms with Crippen LogP contribution in [0, 0.1) is 0 Å². The molecule has 0 amide bonds. The zero-order valence-electron chi connectivity index (χ0n) is 9.72. The summed E-state index contributed by atoms with van der Waals surface area (Å²) in [6.45, 7) is 0.912. The maximum atomic E-state index is 4.12. The highest BCUT2D eigenvalue weighted by Gasteiger charge is 2.02. The molecular weight excluding hydrogens is 350 g/mol. The van der Waals surface area contributed by atoms with Crippen LogP contribution in [-0.4, -0.2) is 28.8 Å². The van der Waals surface area contributed by atoms with Gasteiger partial charge >= 0.3 is 0 Å². The van der Waals surface area contributed by atoms with Gasteiger partial charge in [-0.3, -0.25) is 0 Å². The van der Waals surface area contributed by atoms with Crippen LogP contribution in [0.2, 0.25) is 0 Å². The van der Waals surface area contributed by atoms with Crippen LogP contribution in [0.3, 0.4) is 0 Å². The van der Waals surface area contributed by atoms with Gasteiger partial charge in [-0.2, -0.15) is 0 Å². The second kappa shape index (κ2) is 7.37. The minimum Gasteiger partial charge on any atom is -0.384 e. The van der Waals surface area contributed by atoms with Crippen molar-refractivity contribution < 1.29 is 0 Å². The molecule has 2 aromatic rings. The first kappa shape index (κ1) is 14.2. The summed E-state index contributed by atoms with van der Waals surface area (Å²) >= 11 is 8.48. The molecule has 0 fully saturated rings. The molecular formula is C11H12BrN3S3. The topological polar surface area (TPSA) is 37.8 Å². The Morgan fingerprint density at radius 2 is 2.17 bits per heavy atom. The molecule has 0 aliphatic rings. The molecule has 18 heavy (non-hydrogen) atoms. The van der Waals surface area contributed by atoms with E-state index in [1.807, 2.05) is 18.4 Å². The van der Waals surface area contributed by atoms with Crippen molar-refractivity contribution in [1.82, 2.24) is 10.2 Å². The highest BCUT2D eigenvalue weighted by molar-refractivity contribution is 9.10. The van der Waals surface area contributed by atoms with Gasteiger partial charge in [0.15, 0.2) is 8.68 Å². The quantitative estimate of drug-likeness (QED) is 0.615. The Kier molecular flexibility index (Phi) is 5.81. The number of aromatic nitrogens is 2. The number of nitrogens with one attached hydrogen (secondary N) is 1. The van der Waals surface area contributed by atoms with E-state index in [1.54, 1.807) is 34.9 Å². The van der Waals surface area contributed by atoms with Crippen LogP contribution in [0.5, 0.6) is 0 Å². The Balaban J connectivity index is 1.72. The predicted octanol–water partition coefficient (Wildman–Crippen LogP) is 4.23. The number of halogens is 1. The van der Waals surface area contributed by atoms with Crippen LogP contribution < -0.4 is 5.32 Å². The van der Waals surface area contributed by atoms with Gasteiger partial charge in [-0.15, -0.1) is 10.2 Å². The first-order chi connectivity index (χ1) is 8.78. The molecule has 0 saturated carbocycles. The Hall–Kier alpha value is -0.240. The van der Waals surface area contributed by atoms with E-state index in [2.05, 4.69) is 43.6 Å². The van der Waals surface area contributed by atoms with Crippen LogP contribution >= 0.6 is 50.8 Å². The molecule has 1 aromatic carbocycles. The second-order valence-corrected chi connectivity index (χ2v) is 7.61. The highest BCUT2D eigenvalue weighted by Crippen LogP contribution is 2.27. The zero-order valence-corrected chi connectivity index (χ0v) is 13.8. The minimum absolute atomic E-state index is 0.912. The molecule has 0 aliphatic heterocycles. The smallest absolute Gasteiger partial charge is 0.175 e. The summed E-state index contributed by atoms with van der Waals surface area (Å²) in [5.74, 6) is 0.982. The van der Waals surface area contributed by atoms with Gasteiger partial charge in [0.2, 0.25) is 0 Å². The Morgan fingerprint density at radius 1 is 1.33 bits per heavy atom. The van der Waals surface area contributed by atoms with Crippen molar-refractivity contribution in [3.63, 3.8) is 0 Å². The van der Waals surface area contributed by atoms with Gasteiger partial charge < -0.3 is 5.32 Å². The standard InChI is InChI=1S/C11H12BrN3S3/c1-16-10-14-15-11(18-10)17-6-5-13-9-4-2-3-8(12)7-9/h2-4,7,13H,5-6H2,1H3. The summed E-state index contributed by atoms with van der Waals surface area (Å²) in [5.41, 5.74) is 1.13. The number of hydrogen-bond donors (Lipinski definition) is 1. The van der Waals surface area contributed by atoms with E-state index in [0.29, 0.717) is 0 Å². The molecule has 0 radical (unpaired) electrons. The van der Waals surface area contributed by atoms with Gasteiger partial charge in [-0.05, 0) is 24.5 Å². The summed E-state index contributed by atoms with van der Waals surface area (Å²) in [4.78, 5) is 0. The molecule has 3 nitrogen and oxygen atoms in total. The third-order valence-electron chi connectivity index (χ3n) is 2.04. The van der Waals surface area contributed by atoms with E-state index < -0.39 is 0 Å². The predicted molar refractivity (Wildman–Crippen MR) is 85.0 cm³/mol. The van der Waals surface area contributed by atoms with Crippen molar-refractivity contribution in [1.29, 1.82) is 0 Å². The van der Waals surface area contributed by atoms with Crippen molar-refractivity contribution in [3.8, 4) is 0 Å². The number of nitrogens with zero attached hydrogens (tertiary/aromatic N) is 2. The average molecular weight is 362 g/mol. The van der Waals surface area contributed by atoms with Crippen molar-refractivity contribution in [2.24, 2.45) is 0 Å². The molecule has 0 spiro atoms. The number of rotatable bonds is 6. The van der Waals surface area contributed by atoms with Crippen LogP contribution in [0.4, 0.5) is 5.69 Å². The van der Waals surface area contributed by atoms with Crippen molar-refractivity contribution in [2.45, 2.75) is 8.68 Å². The largest absolute Gasteiger partial charge is 0.384 e. The van der Waals surface area contributed by atoms with Crippen molar-refractivity contribution in [2.75, 3.05) is 23.9 Å². The normalized spacial score (nSPS) is 10.6. The molecule has 0 unspecified atom stereocenters. The maximum Gasteiger partial charge on any atom is 0.175 e. The molecule has 1 N–H and O–H groups in total. The summed E-state index contributed by atoms with van der Waals surface area (Å²) in [6, 6.07) is 8.17. The third kappa shape index (κ3) is 4.46. The molecule has 1 aromatic heterocycles. The van der Waals surface area contributed by atoms with Gasteiger partial charge in [-0.25, -0.2) is 0 Å². The molecule has 0 saturated heterocycles. The highest BCUT2D eigenvalue weighted by atomic mass is 79.9. The van der Waals surface area contributed by atoms with E-state index in [4.69, 9.17) is 0 Å². The lowest BCUT2D eigenvalue weighted by molar-refractivity contribution is 0.955. The van der Waals surface area contributed by atoms with E-state index in [9.17, 15) is 0 Å². The average Bonchev–Trinajstić information content (AvgIpc) is 2.83. The number of benzene rings is 1. The van der Waals surface area contributed by atoms with E-state index in [-0.39, 0.29) is 0 Å². The number of hydrogen-bond acceptors (Lipinski definition) is 6. The van der Waals surface area contributed by atoms with Gasteiger partial charge in [0.1, 0.15) is 0 Å². The van der Waals surface area contributed by atoms with Gasteiger partial charge in [-0.1, -0.05) is 56.9 Å². The molecule has 0 atom stereocenters. The zero-order chi connectivity index (χ0) is 12.8. The molecule has 96 valence electrons. The summed E-state index contributed by atoms with van der Waals surface area (Å²) < 4.78 is 3.15. The fourth-order valence-electron chi connectivity index (χ4n) is 1.27. The lowest BCUT2D eigenvalue weighted by Gasteiger charge is -2.05. The minimum atomic E-state index is 0.912. The molecule has 2 rings (SSSR count). The molecule has 1 heterocycles. The van der Waals surface area contributed by atoms with Crippen LogP contribution in [0.25, 0.3) is 0 Å². The van der Waals surface area contributed by atoms with E-state index in [1.165, 1.54) is 0 Å². The van der Waals surface area contributed by atoms with Crippen molar-refractivity contribution >= 4 is 56.5 Å². The lowest BCUT2D eigenvalue weighted by atomic mass is 10.3. The lowest BCUT2D eigenvalue weighted by Crippen LogP contribution is -2.03. The van der Waals surface area contributed by atoms with Gasteiger partial charge in [0, 0.05) is 22.5 Å². The SMILES string of the molecule is CSc1nnc(SCCNc2cccc(Br)c2)s1. The van der Waals surface area contributed by atoms with Crippen LogP contribution in [0.1, 0.15) is 0 Å². The van der Waals surface area contributed by atoms with E-state index in [0.717, 1.165) is 31.1 Å². The summed E-state index contributed by atoms with van der Waals surface area (Å²) in [6.07, 6.45) is 2.02. The second-order valence-electron chi connectivity index (χ2n) is 3.32. The van der Waals surface area contributed by atoms with E-state index >= 15 is 0 Å². The summed E-state index contributed by atoms with van der Waals surface area (Å²) in [5, 5.41) is 11.6. The third-order valence-corrected chi connectivity index (χ3v) is 5.57. The first-order valence-electron chi connectivity index (χ1n) is 5.27. The number of thioether (sulfide) groups is 2. The number of anilines is 1. The Bertz CT molecular complexity index is 504. The van der Waals surface area contributed by atoms with Gasteiger partial charge in [0.05, 0.1) is 0 Å². The van der Waals surface area contributed by atoms with Crippen LogP contribution in [-0.2, 0) is 0 Å². The Labute approximate surface area is 127 Å². The molecule has 0 bridgehead atoms.